The lowest BCUT2D eigenvalue weighted by Crippen LogP contribution is -2.32. The quantitative estimate of drug-likeness (QED) is 0.0763. The fraction of sp³-hybridized carbons (Fsp3) is 0.526. The van der Waals surface area contributed by atoms with Crippen LogP contribution in [0, 0.1) is 9.81 Å². The van der Waals surface area contributed by atoms with Gasteiger partial charge in [-0.3, -0.25) is 4.89 Å². The van der Waals surface area contributed by atoms with Gasteiger partial charge in [-0.25, -0.2) is 14.4 Å². The summed E-state index contributed by atoms with van der Waals surface area (Å²) >= 11 is 0. The highest BCUT2D eigenvalue weighted by Crippen LogP contribution is 2.21. The molecule has 182 valence electrons. The minimum Gasteiger partial charge on any atom is -0.423 e. The largest absolute Gasteiger partial charge is 0.486 e. The number of para-hydroxylation sites is 1. The van der Waals surface area contributed by atoms with Crippen LogP contribution < -0.4 is 4.74 Å². The zero-order chi connectivity index (χ0) is 24.5. The van der Waals surface area contributed by atoms with E-state index in [1.807, 2.05) is 6.92 Å². The van der Waals surface area contributed by atoms with Crippen molar-refractivity contribution in [1.29, 1.82) is 0 Å². The Morgan fingerprint density at radius 1 is 1.06 bits per heavy atom. The van der Waals surface area contributed by atoms with Crippen LogP contribution in [0.5, 0.6) is 5.75 Å². The molecule has 0 spiro atoms. The lowest BCUT2D eigenvalue weighted by Gasteiger charge is -2.12. The summed E-state index contributed by atoms with van der Waals surface area (Å²) in [7, 11) is 1.16. The van der Waals surface area contributed by atoms with Crippen LogP contribution in [0.4, 0.5) is 0 Å². The van der Waals surface area contributed by atoms with Gasteiger partial charge in [-0.2, -0.15) is 19.4 Å². The fourth-order valence-electron chi connectivity index (χ4n) is 2.26. The topological polar surface area (TPSA) is 156 Å². The van der Waals surface area contributed by atoms with Crippen LogP contribution >= 0.6 is 0 Å². The van der Waals surface area contributed by atoms with E-state index < -0.39 is 23.1 Å². The summed E-state index contributed by atoms with van der Waals surface area (Å²) in [6, 6.07) is 5.70. The Balaban J connectivity index is 2.62. The molecule has 1 unspecified atom stereocenters. The molecule has 0 aromatic heterocycles. The number of unbranched alkanes of at least 4 members (excludes halogenated alkanes) is 2. The molecule has 33 heavy (non-hydrogen) atoms. The van der Waals surface area contributed by atoms with Crippen molar-refractivity contribution < 1.29 is 58.4 Å². The molecule has 0 aliphatic carbocycles. The second kappa shape index (κ2) is 15.9. The third-order valence-electron chi connectivity index (χ3n) is 3.85. The Morgan fingerprint density at radius 3 is 2.48 bits per heavy atom. The van der Waals surface area contributed by atoms with Crippen LogP contribution in [-0.4, -0.2) is 55.0 Å². The average molecular weight is 474 g/mol. The summed E-state index contributed by atoms with van der Waals surface area (Å²) in [6.45, 7) is 1.79. The van der Waals surface area contributed by atoms with E-state index in [9.17, 15) is 24.2 Å². The van der Waals surface area contributed by atoms with Gasteiger partial charge in [0, 0.05) is 6.42 Å². The summed E-state index contributed by atoms with van der Waals surface area (Å²) in [5, 5.41) is -0.543. The van der Waals surface area contributed by atoms with E-state index in [0.29, 0.717) is 25.7 Å². The van der Waals surface area contributed by atoms with Gasteiger partial charge >= 0.3 is 28.6 Å². The van der Waals surface area contributed by atoms with Crippen LogP contribution in [0.1, 0.15) is 49.4 Å². The summed E-state index contributed by atoms with van der Waals surface area (Å²) in [5.41, 5.74) is -0.117. The third kappa shape index (κ3) is 10.9. The van der Waals surface area contributed by atoms with Crippen LogP contribution in [-0.2, 0) is 38.7 Å². The smallest absolute Gasteiger partial charge is 0.423 e. The SMILES string of the molecule is CCCCC(O[N+](=O)OC=O)C(=O)Oc1ccccc1C(=O)OOCCCCO[N+](=O)OC. The first-order valence-corrected chi connectivity index (χ1v) is 9.96. The van der Waals surface area contributed by atoms with Crippen molar-refractivity contribution in [2.75, 3.05) is 20.3 Å². The van der Waals surface area contributed by atoms with Gasteiger partial charge in [-0.1, -0.05) is 25.5 Å². The number of ether oxygens (including phenoxy) is 1. The molecule has 0 amide bonds. The Bertz CT molecular complexity index is 801. The van der Waals surface area contributed by atoms with Crippen molar-refractivity contribution in [1.82, 2.24) is 0 Å². The van der Waals surface area contributed by atoms with E-state index in [1.54, 1.807) is 0 Å². The highest BCUT2D eigenvalue weighted by molar-refractivity contribution is 5.93. The van der Waals surface area contributed by atoms with Crippen LogP contribution in [0.2, 0.25) is 0 Å². The number of carbonyl (C=O) groups excluding carboxylic acids is 3. The zero-order valence-electron chi connectivity index (χ0n) is 18.2. The molecule has 0 radical (unpaired) electrons. The van der Waals surface area contributed by atoms with Crippen molar-refractivity contribution in [2.24, 2.45) is 0 Å². The highest BCUT2D eigenvalue weighted by Gasteiger charge is 2.32. The van der Waals surface area contributed by atoms with Gasteiger partial charge in [0.2, 0.25) is 0 Å². The lowest BCUT2D eigenvalue weighted by molar-refractivity contribution is -0.977. The van der Waals surface area contributed by atoms with E-state index in [1.165, 1.54) is 24.3 Å². The summed E-state index contributed by atoms with van der Waals surface area (Å²) < 4.78 is 5.20. The van der Waals surface area contributed by atoms with Gasteiger partial charge in [-0.05, 0) is 31.4 Å². The van der Waals surface area contributed by atoms with Gasteiger partial charge in [-0.15, -0.1) is 4.84 Å². The highest BCUT2D eigenvalue weighted by atomic mass is 17.2. The van der Waals surface area contributed by atoms with E-state index >= 15 is 0 Å². The number of hydrogen-bond acceptors (Lipinski definition) is 12. The lowest BCUT2D eigenvalue weighted by atomic mass is 10.1. The predicted molar refractivity (Wildman–Crippen MR) is 104 cm³/mol. The van der Waals surface area contributed by atoms with Crippen molar-refractivity contribution in [2.45, 2.75) is 45.1 Å². The second-order valence-electron chi connectivity index (χ2n) is 6.22. The van der Waals surface area contributed by atoms with Gasteiger partial charge in [0.05, 0.1) is 6.61 Å². The first-order valence-electron chi connectivity index (χ1n) is 9.96. The maximum atomic E-state index is 12.5. The van der Waals surface area contributed by atoms with Gasteiger partial charge in [0.1, 0.15) is 21.1 Å². The molecular formula is C19H26N2O12+2. The van der Waals surface area contributed by atoms with Crippen molar-refractivity contribution >= 4 is 18.4 Å². The van der Waals surface area contributed by atoms with E-state index in [4.69, 9.17) is 19.3 Å². The molecular weight excluding hydrogens is 448 g/mol. The maximum Gasteiger partial charge on any atom is 0.486 e. The molecule has 14 heteroatoms. The van der Waals surface area contributed by atoms with Crippen LogP contribution in [0.3, 0.4) is 0 Å². The van der Waals surface area contributed by atoms with Crippen LogP contribution in [0.15, 0.2) is 24.3 Å². The molecule has 0 N–H and O–H groups in total. The normalized spacial score (nSPS) is 11.0. The zero-order valence-corrected chi connectivity index (χ0v) is 18.2. The molecule has 0 aliphatic heterocycles. The number of nitrogens with zero attached hydrogens (tertiary/aromatic N) is 2. The molecule has 0 aliphatic rings. The van der Waals surface area contributed by atoms with E-state index in [-0.39, 0.29) is 42.5 Å². The Hall–Kier alpha value is -3.81. The first kappa shape index (κ1) is 27.2. The molecule has 14 nitrogen and oxygen atoms in total. The molecule has 0 heterocycles. The monoisotopic (exact) mass is 474 g/mol. The molecule has 1 rings (SSSR count). The van der Waals surface area contributed by atoms with Crippen LogP contribution in [0.25, 0.3) is 0 Å². The second-order valence-corrected chi connectivity index (χ2v) is 6.22. The minimum absolute atomic E-state index is 0.0197. The predicted octanol–water partition coefficient (Wildman–Crippen LogP) is 2.09. The molecule has 0 bridgehead atoms. The molecule has 0 saturated heterocycles. The Morgan fingerprint density at radius 2 is 1.79 bits per heavy atom. The number of rotatable bonds is 18. The maximum absolute atomic E-state index is 12.5. The first-order chi connectivity index (χ1) is 15.9. The molecule has 1 atom stereocenters. The molecule has 1 aromatic carbocycles. The molecule has 0 saturated carbocycles. The van der Waals surface area contributed by atoms with Gasteiger partial charge in [0.25, 0.3) is 6.10 Å². The number of hydrogen-bond donors (Lipinski definition) is 0. The minimum atomic E-state index is -1.38. The molecule has 1 aromatic rings. The summed E-state index contributed by atoms with van der Waals surface area (Å²) in [4.78, 5) is 84.1. The molecule has 0 fully saturated rings. The van der Waals surface area contributed by atoms with E-state index in [0.717, 1.165) is 7.11 Å². The third-order valence-corrected chi connectivity index (χ3v) is 3.85. The number of benzene rings is 1. The van der Waals surface area contributed by atoms with Gasteiger partial charge in [0.15, 0.2) is 13.7 Å². The Labute approximate surface area is 188 Å². The fourth-order valence-corrected chi connectivity index (χ4v) is 2.26. The van der Waals surface area contributed by atoms with Crippen molar-refractivity contribution in [3.05, 3.63) is 39.6 Å². The van der Waals surface area contributed by atoms with Crippen molar-refractivity contribution in [3.63, 3.8) is 0 Å². The summed E-state index contributed by atoms with van der Waals surface area (Å²) in [5.74, 6) is -2.07. The van der Waals surface area contributed by atoms with E-state index in [2.05, 4.69) is 14.5 Å². The standard InChI is InChI=1S/C19H26N2O12/c1-3-4-10-17(32-21(26)29-14-22)19(24)31-16-11-6-5-9-15(16)18(23)33-30-13-8-7-12-28-20(25)27-2/h5-6,9,11,14,17H,3-4,7-8,10,12-13H2,1-2H3/q+2. The van der Waals surface area contributed by atoms with Crippen molar-refractivity contribution in [3.8, 4) is 5.75 Å². The number of esters is 1. The number of carbonyl (C=O) groups is 3. The summed E-state index contributed by atoms with van der Waals surface area (Å²) in [6.07, 6.45) is 0.756. The average Bonchev–Trinajstić information content (AvgIpc) is 2.81. The van der Waals surface area contributed by atoms with Gasteiger partial charge < -0.3 is 4.74 Å². The Kier molecular flexibility index (Phi) is 13.1.